The highest BCUT2D eigenvalue weighted by Crippen LogP contribution is 2.19. The third-order valence-corrected chi connectivity index (χ3v) is 3.86. The zero-order valence-electron chi connectivity index (χ0n) is 14.2. The van der Waals surface area contributed by atoms with E-state index in [0.29, 0.717) is 17.5 Å². The van der Waals surface area contributed by atoms with Crippen LogP contribution in [0.4, 0.5) is 5.82 Å². The van der Waals surface area contributed by atoms with Crippen molar-refractivity contribution < 1.29 is 9.53 Å². The Morgan fingerprint density at radius 3 is 2.52 bits per heavy atom. The molecule has 5 nitrogen and oxygen atoms in total. The van der Waals surface area contributed by atoms with Crippen molar-refractivity contribution in [2.24, 2.45) is 0 Å². The minimum absolute atomic E-state index is 0.0211. The quantitative estimate of drug-likeness (QED) is 0.840. The van der Waals surface area contributed by atoms with E-state index >= 15 is 0 Å². The Kier molecular flexibility index (Phi) is 5.79. The molecule has 0 bridgehead atoms. The van der Waals surface area contributed by atoms with Crippen molar-refractivity contribution in [1.29, 1.82) is 0 Å². The fourth-order valence-electron chi connectivity index (χ4n) is 2.21. The number of hydrogen-bond acceptors (Lipinski definition) is 3. The predicted octanol–water partition coefficient (Wildman–Crippen LogP) is 4.00. The summed E-state index contributed by atoms with van der Waals surface area (Å²) in [5.41, 5.74) is 1.25. The van der Waals surface area contributed by atoms with Crippen LogP contribution in [0.3, 0.4) is 0 Å². The largest absolute Gasteiger partial charge is 0.484 e. The molecule has 1 heterocycles. The lowest BCUT2D eigenvalue weighted by Crippen LogP contribution is -2.22. The van der Waals surface area contributed by atoms with Crippen molar-refractivity contribution >= 4 is 11.7 Å². The van der Waals surface area contributed by atoms with Crippen LogP contribution in [-0.2, 0) is 4.79 Å². The fourth-order valence-corrected chi connectivity index (χ4v) is 2.21. The summed E-state index contributed by atoms with van der Waals surface area (Å²) < 4.78 is 7.35. The Morgan fingerprint density at radius 2 is 1.91 bits per heavy atom. The highest BCUT2D eigenvalue weighted by atomic mass is 16.5. The van der Waals surface area contributed by atoms with E-state index in [9.17, 15) is 4.79 Å². The normalized spacial score (nSPS) is 12.2. The van der Waals surface area contributed by atoms with E-state index in [1.165, 1.54) is 5.56 Å². The summed E-state index contributed by atoms with van der Waals surface area (Å²) in [6.45, 7) is 8.41. The number of rotatable bonds is 7. The van der Waals surface area contributed by atoms with Gasteiger partial charge in [-0.2, -0.15) is 5.10 Å². The smallest absolute Gasteiger partial charge is 0.263 e. The second kappa shape index (κ2) is 7.81. The molecule has 5 heteroatoms. The zero-order chi connectivity index (χ0) is 16.8. The molecule has 0 aliphatic rings. The van der Waals surface area contributed by atoms with Crippen molar-refractivity contribution in [3.8, 4) is 5.75 Å². The zero-order valence-corrected chi connectivity index (χ0v) is 14.2. The molecule has 2 aromatic rings. The van der Waals surface area contributed by atoms with Crippen molar-refractivity contribution in [2.45, 2.75) is 46.1 Å². The molecule has 0 aliphatic heterocycles. The summed E-state index contributed by atoms with van der Waals surface area (Å²) in [6, 6.07) is 9.87. The second-order valence-corrected chi connectivity index (χ2v) is 5.98. The number of carbonyl (C=O) groups is 1. The molecule has 1 aromatic heterocycles. The maximum atomic E-state index is 12.0. The molecule has 1 amide bonds. The van der Waals surface area contributed by atoms with Gasteiger partial charge in [-0.3, -0.25) is 4.79 Å². The van der Waals surface area contributed by atoms with E-state index in [-0.39, 0.29) is 18.6 Å². The number of nitrogens with one attached hydrogen (secondary N) is 1. The third-order valence-electron chi connectivity index (χ3n) is 3.86. The number of aromatic nitrogens is 2. The monoisotopic (exact) mass is 315 g/mol. The minimum atomic E-state index is -0.192. The predicted molar refractivity (Wildman–Crippen MR) is 91.9 cm³/mol. The number of amides is 1. The van der Waals surface area contributed by atoms with Gasteiger partial charge in [0.05, 0.1) is 12.2 Å². The van der Waals surface area contributed by atoms with Crippen molar-refractivity contribution in [2.75, 3.05) is 11.9 Å². The minimum Gasteiger partial charge on any atom is -0.484 e. The van der Waals surface area contributed by atoms with Crippen LogP contribution in [0.25, 0.3) is 0 Å². The van der Waals surface area contributed by atoms with E-state index in [1.807, 2.05) is 28.9 Å². The van der Waals surface area contributed by atoms with Crippen LogP contribution in [0.1, 0.15) is 51.6 Å². The molecule has 0 saturated carbocycles. The average molecular weight is 315 g/mol. The van der Waals surface area contributed by atoms with Crippen LogP contribution in [0, 0.1) is 0 Å². The fraction of sp³-hybridized carbons (Fsp3) is 0.444. The first kappa shape index (κ1) is 17.1. The van der Waals surface area contributed by atoms with Crippen LogP contribution in [-0.4, -0.2) is 22.3 Å². The maximum Gasteiger partial charge on any atom is 0.263 e. The Hall–Kier alpha value is -2.30. The van der Waals surface area contributed by atoms with Gasteiger partial charge < -0.3 is 10.1 Å². The molecule has 124 valence electrons. The first-order valence-corrected chi connectivity index (χ1v) is 8.07. The molecule has 2 rings (SSSR count). The van der Waals surface area contributed by atoms with E-state index in [2.05, 4.69) is 38.1 Å². The van der Waals surface area contributed by atoms with Gasteiger partial charge in [-0.1, -0.05) is 32.9 Å². The van der Waals surface area contributed by atoms with Gasteiger partial charge in [0, 0.05) is 6.07 Å². The summed E-state index contributed by atoms with van der Waals surface area (Å²) in [7, 11) is 0. The second-order valence-electron chi connectivity index (χ2n) is 5.98. The lowest BCUT2D eigenvalue weighted by molar-refractivity contribution is -0.118. The van der Waals surface area contributed by atoms with Crippen LogP contribution >= 0.6 is 0 Å². The SMILES string of the molecule is CCC(C)n1nccc1NC(=O)COc1ccc(C(C)C)cc1. The highest BCUT2D eigenvalue weighted by molar-refractivity contribution is 5.91. The standard InChI is InChI=1S/C18H25N3O2/c1-5-14(4)21-17(10-11-19-21)20-18(22)12-23-16-8-6-15(7-9-16)13(2)3/h6-11,13-14H,5,12H2,1-4H3,(H,20,22). The molecule has 0 spiro atoms. The number of anilines is 1. The average Bonchev–Trinajstić information content (AvgIpc) is 3.00. The number of carbonyl (C=O) groups excluding carboxylic acids is 1. The molecule has 0 radical (unpaired) electrons. The van der Waals surface area contributed by atoms with E-state index in [4.69, 9.17) is 4.74 Å². The number of ether oxygens (including phenoxy) is 1. The summed E-state index contributed by atoms with van der Waals surface area (Å²) in [6.07, 6.45) is 2.64. The third kappa shape index (κ3) is 4.58. The van der Waals surface area contributed by atoms with Gasteiger partial charge in [0.1, 0.15) is 11.6 Å². The van der Waals surface area contributed by atoms with Crippen LogP contribution in [0.5, 0.6) is 5.75 Å². The van der Waals surface area contributed by atoms with Gasteiger partial charge in [0.2, 0.25) is 0 Å². The summed E-state index contributed by atoms with van der Waals surface area (Å²) in [5, 5.41) is 7.09. The van der Waals surface area contributed by atoms with Gasteiger partial charge in [-0.25, -0.2) is 4.68 Å². The molecular weight excluding hydrogens is 290 g/mol. The highest BCUT2D eigenvalue weighted by Gasteiger charge is 2.11. The lowest BCUT2D eigenvalue weighted by Gasteiger charge is -2.14. The van der Waals surface area contributed by atoms with Gasteiger partial charge in [0.15, 0.2) is 6.61 Å². The number of hydrogen-bond donors (Lipinski definition) is 1. The van der Waals surface area contributed by atoms with Gasteiger partial charge in [-0.05, 0) is 37.0 Å². The van der Waals surface area contributed by atoms with Crippen LogP contribution in [0.2, 0.25) is 0 Å². The first-order chi connectivity index (χ1) is 11.0. The molecule has 1 unspecified atom stereocenters. The number of benzene rings is 1. The lowest BCUT2D eigenvalue weighted by atomic mass is 10.0. The van der Waals surface area contributed by atoms with E-state index < -0.39 is 0 Å². The molecule has 0 fully saturated rings. The van der Waals surface area contributed by atoms with Gasteiger partial charge in [-0.15, -0.1) is 0 Å². The molecular formula is C18H25N3O2. The van der Waals surface area contributed by atoms with Crippen LogP contribution in [0.15, 0.2) is 36.5 Å². The summed E-state index contributed by atoms with van der Waals surface area (Å²) >= 11 is 0. The van der Waals surface area contributed by atoms with E-state index in [1.54, 1.807) is 12.3 Å². The Bertz CT molecular complexity index is 632. The molecule has 1 N–H and O–H groups in total. The van der Waals surface area contributed by atoms with Gasteiger partial charge >= 0.3 is 0 Å². The number of nitrogens with zero attached hydrogens (tertiary/aromatic N) is 2. The van der Waals surface area contributed by atoms with Crippen molar-refractivity contribution in [3.63, 3.8) is 0 Å². The van der Waals surface area contributed by atoms with E-state index in [0.717, 1.165) is 6.42 Å². The molecule has 0 saturated heterocycles. The summed E-state index contributed by atoms with van der Waals surface area (Å²) in [5.74, 6) is 1.68. The van der Waals surface area contributed by atoms with Crippen molar-refractivity contribution in [3.05, 3.63) is 42.1 Å². The Balaban J connectivity index is 1.89. The molecule has 1 atom stereocenters. The first-order valence-electron chi connectivity index (χ1n) is 8.07. The topological polar surface area (TPSA) is 56.2 Å². The Morgan fingerprint density at radius 1 is 1.22 bits per heavy atom. The van der Waals surface area contributed by atoms with Gasteiger partial charge in [0.25, 0.3) is 5.91 Å². The Labute approximate surface area is 137 Å². The maximum absolute atomic E-state index is 12.0. The summed E-state index contributed by atoms with van der Waals surface area (Å²) in [4.78, 5) is 12.0. The molecule has 0 aliphatic carbocycles. The van der Waals surface area contributed by atoms with Crippen LogP contribution < -0.4 is 10.1 Å². The molecule has 23 heavy (non-hydrogen) atoms. The van der Waals surface area contributed by atoms with Crippen molar-refractivity contribution in [1.82, 2.24) is 9.78 Å². The molecule has 1 aromatic carbocycles.